The molecule has 0 amide bonds. The van der Waals surface area contributed by atoms with Crippen LogP contribution in [0.3, 0.4) is 0 Å². The number of phenolic OH excluding ortho intramolecular Hbond substituents is 1. The van der Waals surface area contributed by atoms with E-state index in [1.165, 1.54) is 6.07 Å². The average Bonchev–Trinajstić information content (AvgIpc) is 2.98. The molecular weight excluding hydrogens is 539 g/mol. The van der Waals surface area contributed by atoms with Crippen molar-refractivity contribution in [3.8, 4) is 39.9 Å². The Labute approximate surface area is 268 Å². The fourth-order valence-corrected chi connectivity index (χ4v) is 5.12. The van der Waals surface area contributed by atoms with Gasteiger partial charge in [-0.15, -0.1) is 0 Å². The number of hydrogen-bond donors (Lipinski definition) is 1. The van der Waals surface area contributed by atoms with Crippen molar-refractivity contribution in [2.75, 3.05) is 13.2 Å². The molecule has 210 valence electrons. The Morgan fingerprint density at radius 2 is 1.64 bits per heavy atom. The second kappa shape index (κ2) is 14.0. The Morgan fingerprint density at radius 3 is 2.33 bits per heavy atom. The third-order valence-corrected chi connectivity index (χ3v) is 7.24. The van der Waals surface area contributed by atoms with Gasteiger partial charge in [-0.1, -0.05) is 57.2 Å². The van der Waals surface area contributed by atoms with E-state index in [9.17, 15) is 15.0 Å². The SMILES string of the molecule is C=C1c2cc(C(=O)[O-])ccc2Oc2c1ccc(OCCCOc1cc(O)c(-c3ccccc3)cc1CC)c2CCC.[Na+]. The van der Waals surface area contributed by atoms with E-state index in [1.807, 2.05) is 48.5 Å². The molecular formula is C35H33NaO6. The van der Waals surface area contributed by atoms with E-state index >= 15 is 0 Å². The molecule has 0 spiro atoms. The van der Waals surface area contributed by atoms with Crippen LogP contribution in [0.25, 0.3) is 16.7 Å². The van der Waals surface area contributed by atoms with Gasteiger partial charge in [0.1, 0.15) is 28.7 Å². The van der Waals surface area contributed by atoms with Gasteiger partial charge in [-0.05, 0) is 71.5 Å². The van der Waals surface area contributed by atoms with Gasteiger partial charge in [0.15, 0.2) is 0 Å². The molecule has 1 aliphatic rings. The number of aromatic hydroxyl groups is 1. The van der Waals surface area contributed by atoms with Gasteiger partial charge < -0.3 is 29.2 Å². The molecule has 1 heterocycles. The van der Waals surface area contributed by atoms with E-state index in [0.717, 1.165) is 52.8 Å². The Morgan fingerprint density at radius 1 is 0.905 bits per heavy atom. The summed E-state index contributed by atoms with van der Waals surface area (Å²) in [6, 6.07) is 22.0. The molecule has 4 aromatic carbocycles. The van der Waals surface area contributed by atoms with Crippen LogP contribution in [-0.4, -0.2) is 24.3 Å². The molecule has 0 atom stereocenters. The van der Waals surface area contributed by atoms with Gasteiger partial charge in [0.2, 0.25) is 0 Å². The molecule has 0 unspecified atom stereocenters. The van der Waals surface area contributed by atoms with E-state index in [0.29, 0.717) is 48.0 Å². The Kier molecular flexibility index (Phi) is 10.4. The van der Waals surface area contributed by atoms with Crippen molar-refractivity contribution in [3.63, 3.8) is 0 Å². The topological polar surface area (TPSA) is 88.1 Å². The largest absolute Gasteiger partial charge is 1.00 e. The molecule has 0 fully saturated rings. The van der Waals surface area contributed by atoms with Crippen LogP contribution in [0.1, 0.15) is 59.3 Å². The van der Waals surface area contributed by atoms with Gasteiger partial charge in [0, 0.05) is 34.7 Å². The van der Waals surface area contributed by atoms with Gasteiger partial charge in [-0.3, -0.25) is 0 Å². The second-order valence-corrected chi connectivity index (χ2v) is 10.00. The van der Waals surface area contributed by atoms with Crippen LogP contribution >= 0.6 is 0 Å². The summed E-state index contributed by atoms with van der Waals surface area (Å²) in [6.07, 6.45) is 3.08. The molecule has 1 N–H and O–H groups in total. The summed E-state index contributed by atoms with van der Waals surface area (Å²) < 4.78 is 18.5. The average molecular weight is 573 g/mol. The normalized spacial score (nSPS) is 11.5. The van der Waals surface area contributed by atoms with Gasteiger partial charge in [0.25, 0.3) is 0 Å². The zero-order valence-corrected chi connectivity index (χ0v) is 26.4. The van der Waals surface area contributed by atoms with Gasteiger partial charge >= 0.3 is 29.6 Å². The Bertz CT molecular complexity index is 1600. The predicted molar refractivity (Wildman–Crippen MR) is 158 cm³/mol. The van der Waals surface area contributed by atoms with Crippen LogP contribution in [-0.2, 0) is 12.8 Å². The number of benzene rings is 4. The number of hydrogen-bond acceptors (Lipinski definition) is 6. The van der Waals surface area contributed by atoms with Crippen molar-refractivity contribution >= 4 is 11.5 Å². The van der Waals surface area contributed by atoms with Gasteiger partial charge in [-0.2, -0.15) is 0 Å². The molecule has 5 rings (SSSR count). The monoisotopic (exact) mass is 572 g/mol. The van der Waals surface area contributed by atoms with E-state index in [1.54, 1.807) is 18.2 Å². The predicted octanol–water partition coefficient (Wildman–Crippen LogP) is 3.96. The molecule has 6 nitrogen and oxygen atoms in total. The summed E-state index contributed by atoms with van der Waals surface area (Å²) in [5.41, 5.74) is 5.99. The number of carboxylic acid groups (broad SMARTS) is 1. The number of ether oxygens (including phenoxy) is 3. The smallest absolute Gasteiger partial charge is 0.545 e. The molecule has 0 saturated heterocycles. The maximum Gasteiger partial charge on any atom is 1.00 e. The molecule has 0 bridgehead atoms. The molecule has 0 aromatic heterocycles. The maximum absolute atomic E-state index is 11.3. The first-order valence-electron chi connectivity index (χ1n) is 14.0. The van der Waals surface area contributed by atoms with Crippen LogP contribution in [0.4, 0.5) is 0 Å². The van der Waals surface area contributed by atoms with Crippen LogP contribution in [0.5, 0.6) is 28.7 Å². The van der Waals surface area contributed by atoms with E-state index < -0.39 is 5.97 Å². The zero-order valence-electron chi connectivity index (χ0n) is 24.4. The van der Waals surface area contributed by atoms with Crippen LogP contribution in [0, 0.1) is 0 Å². The number of aromatic carboxylic acids is 1. The fraction of sp³-hybridized carbons (Fsp3) is 0.229. The number of fused-ring (bicyclic) bond motifs is 2. The van der Waals surface area contributed by atoms with Crippen molar-refractivity contribution in [3.05, 3.63) is 107 Å². The van der Waals surface area contributed by atoms with Crippen molar-refractivity contribution < 1.29 is 58.8 Å². The summed E-state index contributed by atoms with van der Waals surface area (Å²) >= 11 is 0. The Balaban J connectivity index is 0.00000405. The minimum Gasteiger partial charge on any atom is -0.545 e. The number of phenols is 1. The van der Waals surface area contributed by atoms with Crippen molar-refractivity contribution in [1.82, 2.24) is 0 Å². The van der Waals surface area contributed by atoms with E-state index in [2.05, 4.69) is 20.4 Å². The summed E-state index contributed by atoms with van der Waals surface area (Å²) in [5, 5.41) is 22.0. The summed E-state index contributed by atoms with van der Waals surface area (Å²) in [4.78, 5) is 11.3. The first-order valence-corrected chi connectivity index (χ1v) is 14.0. The second-order valence-electron chi connectivity index (χ2n) is 10.00. The van der Waals surface area contributed by atoms with Crippen molar-refractivity contribution in [1.29, 1.82) is 0 Å². The fourth-order valence-electron chi connectivity index (χ4n) is 5.12. The Hall–Kier alpha value is -3.71. The molecule has 0 radical (unpaired) electrons. The quantitative estimate of drug-likeness (QED) is 0.191. The minimum atomic E-state index is -1.24. The van der Waals surface area contributed by atoms with Gasteiger partial charge in [-0.25, -0.2) is 0 Å². The van der Waals surface area contributed by atoms with Crippen LogP contribution < -0.4 is 48.9 Å². The van der Waals surface area contributed by atoms with Gasteiger partial charge in [0.05, 0.1) is 19.2 Å². The first-order chi connectivity index (χ1) is 19.9. The molecule has 0 saturated carbocycles. The van der Waals surface area contributed by atoms with Crippen molar-refractivity contribution in [2.24, 2.45) is 0 Å². The van der Waals surface area contributed by atoms with E-state index in [4.69, 9.17) is 14.2 Å². The summed E-state index contributed by atoms with van der Waals surface area (Å²) in [6.45, 7) is 9.26. The number of carboxylic acids is 1. The molecule has 1 aliphatic heterocycles. The standard InChI is InChI=1S/C35H34O6.Na/c1-4-10-27-31(16-14-26-22(3)28-20-25(35(37)38)13-15-32(28)41-34(26)27)39-17-9-18-40-33-21-30(36)29(19-23(33)5-2)24-11-7-6-8-12-24;/h6-8,11-16,19-21,36H,3-5,9-10,17-18H2,1-2H3,(H,37,38);/q;+1/p-1. The summed E-state index contributed by atoms with van der Waals surface area (Å²) in [7, 11) is 0. The molecule has 0 aliphatic carbocycles. The minimum absolute atomic E-state index is 0. The molecule has 7 heteroatoms. The molecule has 42 heavy (non-hydrogen) atoms. The number of carbonyl (C=O) groups excluding carboxylic acids is 1. The third kappa shape index (κ3) is 6.51. The van der Waals surface area contributed by atoms with E-state index in [-0.39, 0.29) is 40.9 Å². The summed E-state index contributed by atoms with van der Waals surface area (Å²) in [5.74, 6) is 1.63. The first kappa shape index (κ1) is 31.2. The maximum atomic E-state index is 11.3. The number of rotatable bonds is 11. The molecule has 4 aromatic rings. The zero-order chi connectivity index (χ0) is 28.9. The third-order valence-electron chi connectivity index (χ3n) is 7.24. The van der Waals surface area contributed by atoms with Crippen LogP contribution in [0.15, 0.2) is 79.4 Å². The van der Waals surface area contributed by atoms with Crippen LogP contribution in [0.2, 0.25) is 0 Å². The number of carbonyl (C=O) groups is 1. The van der Waals surface area contributed by atoms with Crippen molar-refractivity contribution in [2.45, 2.75) is 39.5 Å². The number of aryl methyl sites for hydroxylation is 1.